The third-order valence-electron chi connectivity index (χ3n) is 2.98. The van der Waals surface area contributed by atoms with Crippen LogP contribution in [0.3, 0.4) is 0 Å². The molecule has 0 saturated heterocycles. The predicted octanol–water partition coefficient (Wildman–Crippen LogP) is 3.68. The van der Waals surface area contributed by atoms with E-state index in [2.05, 4.69) is 26.5 Å². The number of nitrogens with one attached hydrogen (secondary N) is 1. The van der Waals surface area contributed by atoms with E-state index in [1.54, 1.807) is 0 Å². The van der Waals surface area contributed by atoms with Crippen molar-refractivity contribution in [2.45, 2.75) is 13.8 Å². The first-order valence-electron chi connectivity index (χ1n) is 6.83. The number of hydrogen-bond donors (Lipinski definition) is 1. The van der Waals surface area contributed by atoms with Crippen LogP contribution in [0.1, 0.15) is 18.1 Å². The van der Waals surface area contributed by atoms with Crippen molar-refractivity contribution in [3.05, 3.63) is 64.1 Å². The van der Waals surface area contributed by atoms with Crippen molar-refractivity contribution >= 4 is 27.5 Å². The summed E-state index contributed by atoms with van der Waals surface area (Å²) in [6, 6.07) is 15.3. The minimum absolute atomic E-state index is 0.0711. The number of amides is 1. The Morgan fingerprint density at radius 1 is 1.23 bits per heavy atom. The van der Waals surface area contributed by atoms with Gasteiger partial charge in [0.05, 0.1) is 5.71 Å². The molecule has 114 valence electrons. The van der Waals surface area contributed by atoms with Crippen LogP contribution in [0, 0.1) is 6.92 Å². The molecule has 2 rings (SSSR count). The maximum absolute atomic E-state index is 11.7. The summed E-state index contributed by atoms with van der Waals surface area (Å²) in [4.78, 5) is 11.7. The van der Waals surface area contributed by atoms with Gasteiger partial charge in [0.15, 0.2) is 6.61 Å². The molecule has 0 aliphatic rings. The smallest absolute Gasteiger partial charge is 0.277 e. The average Bonchev–Trinajstić information content (AvgIpc) is 2.52. The lowest BCUT2D eigenvalue weighted by Gasteiger charge is -2.06. The topological polar surface area (TPSA) is 50.7 Å². The molecule has 0 saturated carbocycles. The van der Waals surface area contributed by atoms with Crippen LogP contribution in [0.4, 0.5) is 0 Å². The van der Waals surface area contributed by atoms with E-state index in [9.17, 15) is 4.79 Å². The standard InChI is InChI=1S/C17H17BrN2O2/c1-12-6-8-16(9-7-12)22-11-17(21)20-19-13(2)14-4-3-5-15(18)10-14/h3-10H,11H2,1-2H3,(H,20,21). The Balaban J connectivity index is 1.86. The van der Waals surface area contributed by atoms with Crippen LogP contribution >= 0.6 is 15.9 Å². The summed E-state index contributed by atoms with van der Waals surface area (Å²) in [6.45, 7) is 3.76. The largest absolute Gasteiger partial charge is 0.484 e. The number of carbonyl (C=O) groups is 1. The second-order valence-electron chi connectivity index (χ2n) is 4.84. The first kappa shape index (κ1) is 16.2. The van der Waals surface area contributed by atoms with E-state index < -0.39 is 0 Å². The molecule has 0 aliphatic heterocycles. The fraction of sp³-hybridized carbons (Fsp3) is 0.176. The van der Waals surface area contributed by atoms with Gasteiger partial charge in [0, 0.05) is 4.47 Å². The van der Waals surface area contributed by atoms with E-state index in [-0.39, 0.29) is 12.5 Å². The zero-order valence-corrected chi connectivity index (χ0v) is 14.1. The Morgan fingerprint density at radius 2 is 1.95 bits per heavy atom. The highest BCUT2D eigenvalue weighted by Gasteiger charge is 2.03. The van der Waals surface area contributed by atoms with Crippen molar-refractivity contribution in [3.63, 3.8) is 0 Å². The van der Waals surface area contributed by atoms with Crippen LogP contribution < -0.4 is 10.2 Å². The molecule has 0 fully saturated rings. The maximum atomic E-state index is 11.7. The molecule has 1 amide bonds. The Labute approximate surface area is 138 Å². The van der Waals surface area contributed by atoms with Gasteiger partial charge in [-0.05, 0) is 43.7 Å². The van der Waals surface area contributed by atoms with Crippen molar-refractivity contribution in [1.82, 2.24) is 5.43 Å². The zero-order chi connectivity index (χ0) is 15.9. The highest BCUT2D eigenvalue weighted by atomic mass is 79.9. The van der Waals surface area contributed by atoms with Crippen molar-refractivity contribution in [2.24, 2.45) is 5.10 Å². The average molecular weight is 361 g/mol. The van der Waals surface area contributed by atoms with E-state index in [0.29, 0.717) is 5.75 Å². The number of hydrogen-bond acceptors (Lipinski definition) is 3. The number of benzene rings is 2. The van der Waals surface area contributed by atoms with Gasteiger partial charge in [-0.15, -0.1) is 0 Å². The summed E-state index contributed by atoms with van der Waals surface area (Å²) in [6.07, 6.45) is 0. The quantitative estimate of drug-likeness (QED) is 0.653. The second kappa shape index (κ2) is 7.75. The second-order valence-corrected chi connectivity index (χ2v) is 5.76. The first-order valence-corrected chi connectivity index (χ1v) is 7.62. The fourth-order valence-corrected chi connectivity index (χ4v) is 2.14. The SMILES string of the molecule is CC(=NNC(=O)COc1ccc(C)cc1)c1cccc(Br)c1. The van der Waals surface area contributed by atoms with Crippen LogP contribution in [-0.4, -0.2) is 18.2 Å². The summed E-state index contributed by atoms with van der Waals surface area (Å²) in [5.41, 5.74) is 5.30. The molecule has 1 N–H and O–H groups in total. The Hall–Kier alpha value is -2.14. The van der Waals surface area contributed by atoms with E-state index in [1.165, 1.54) is 0 Å². The molecule has 0 aliphatic carbocycles. The summed E-state index contributed by atoms with van der Waals surface area (Å²) in [7, 11) is 0. The minimum Gasteiger partial charge on any atom is -0.484 e. The van der Waals surface area contributed by atoms with Crippen LogP contribution in [0.5, 0.6) is 5.75 Å². The van der Waals surface area contributed by atoms with Gasteiger partial charge < -0.3 is 4.74 Å². The lowest BCUT2D eigenvalue weighted by molar-refractivity contribution is -0.123. The van der Waals surface area contributed by atoms with E-state index in [1.807, 2.05) is 62.4 Å². The highest BCUT2D eigenvalue weighted by Crippen LogP contribution is 2.12. The zero-order valence-electron chi connectivity index (χ0n) is 12.5. The Kier molecular flexibility index (Phi) is 5.72. The van der Waals surface area contributed by atoms with Crippen LogP contribution in [0.15, 0.2) is 58.1 Å². The molecule has 0 heterocycles. The van der Waals surface area contributed by atoms with Gasteiger partial charge in [0.25, 0.3) is 5.91 Å². The number of carbonyl (C=O) groups excluding carboxylic acids is 1. The van der Waals surface area contributed by atoms with Crippen LogP contribution in [0.25, 0.3) is 0 Å². The van der Waals surface area contributed by atoms with E-state index >= 15 is 0 Å². The molecule has 0 unspecified atom stereocenters. The monoisotopic (exact) mass is 360 g/mol. The molecule has 2 aromatic rings. The lowest BCUT2D eigenvalue weighted by Crippen LogP contribution is -2.25. The number of aryl methyl sites for hydroxylation is 1. The normalized spacial score (nSPS) is 11.1. The molecule has 0 bridgehead atoms. The third kappa shape index (κ3) is 5.00. The summed E-state index contributed by atoms with van der Waals surface area (Å²) < 4.78 is 6.36. The van der Waals surface area contributed by atoms with Gasteiger partial charge >= 0.3 is 0 Å². The summed E-state index contributed by atoms with van der Waals surface area (Å²) >= 11 is 3.40. The minimum atomic E-state index is -0.296. The van der Waals surface area contributed by atoms with Gasteiger partial charge in [-0.2, -0.15) is 5.10 Å². The number of rotatable bonds is 5. The molecular formula is C17H17BrN2O2. The van der Waals surface area contributed by atoms with Crippen LogP contribution in [0.2, 0.25) is 0 Å². The van der Waals surface area contributed by atoms with Gasteiger partial charge in [-0.25, -0.2) is 5.43 Å². The van der Waals surface area contributed by atoms with Crippen molar-refractivity contribution < 1.29 is 9.53 Å². The molecule has 5 heteroatoms. The molecule has 22 heavy (non-hydrogen) atoms. The molecule has 0 aromatic heterocycles. The van der Waals surface area contributed by atoms with Crippen molar-refractivity contribution in [1.29, 1.82) is 0 Å². The molecule has 0 radical (unpaired) electrons. The summed E-state index contributed by atoms with van der Waals surface area (Å²) in [5, 5.41) is 4.08. The van der Waals surface area contributed by atoms with Gasteiger partial charge in [0.2, 0.25) is 0 Å². The van der Waals surface area contributed by atoms with Gasteiger partial charge in [-0.1, -0.05) is 45.8 Å². The number of ether oxygens (including phenoxy) is 1. The fourth-order valence-electron chi connectivity index (χ4n) is 1.74. The van der Waals surface area contributed by atoms with E-state index in [0.717, 1.165) is 21.3 Å². The molecular weight excluding hydrogens is 344 g/mol. The van der Waals surface area contributed by atoms with E-state index in [4.69, 9.17) is 4.74 Å². The Morgan fingerprint density at radius 3 is 2.64 bits per heavy atom. The van der Waals surface area contributed by atoms with Gasteiger partial charge in [0.1, 0.15) is 5.75 Å². The maximum Gasteiger partial charge on any atom is 0.277 e. The number of hydrazone groups is 1. The molecule has 0 atom stereocenters. The number of nitrogens with zero attached hydrogens (tertiary/aromatic N) is 1. The molecule has 0 spiro atoms. The third-order valence-corrected chi connectivity index (χ3v) is 3.47. The first-order chi connectivity index (χ1) is 10.5. The lowest BCUT2D eigenvalue weighted by atomic mass is 10.1. The highest BCUT2D eigenvalue weighted by molar-refractivity contribution is 9.10. The Bertz CT molecular complexity index is 681. The molecule has 2 aromatic carbocycles. The predicted molar refractivity (Wildman–Crippen MR) is 91.2 cm³/mol. The molecule has 4 nitrogen and oxygen atoms in total. The van der Waals surface area contributed by atoms with Gasteiger partial charge in [-0.3, -0.25) is 4.79 Å². The van der Waals surface area contributed by atoms with Crippen LogP contribution in [-0.2, 0) is 4.79 Å². The van der Waals surface area contributed by atoms with Crippen molar-refractivity contribution in [2.75, 3.05) is 6.61 Å². The number of halogens is 1. The summed E-state index contributed by atoms with van der Waals surface area (Å²) in [5.74, 6) is 0.364. The van der Waals surface area contributed by atoms with Crippen molar-refractivity contribution in [3.8, 4) is 5.75 Å².